The van der Waals surface area contributed by atoms with Gasteiger partial charge in [-0.3, -0.25) is 4.79 Å². The molecule has 1 atom stereocenters. The van der Waals surface area contributed by atoms with Gasteiger partial charge in [-0.1, -0.05) is 30.3 Å². The van der Waals surface area contributed by atoms with Gasteiger partial charge in [-0.05, 0) is 37.0 Å². The predicted octanol–water partition coefficient (Wildman–Crippen LogP) is 3.07. The van der Waals surface area contributed by atoms with Crippen LogP contribution in [0, 0.1) is 5.95 Å². The quantitative estimate of drug-likeness (QED) is 0.812. The van der Waals surface area contributed by atoms with Gasteiger partial charge in [0.05, 0.1) is 5.56 Å². The summed E-state index contributed by atoms with van der Waals surface area (Å²) in [6.07, 6.45) is 4.20. The van der Waals surface area contributed by atoms with Crippen LogP contribution in [0.4, 0.5) is 4.39 Å². The second kappa shape index (κ2) is 6.04. The normalized spacial score (nSPS) is 18.0. The minimum absolute atomic E-state index is 0.0547. The van der Waals surface area contributed by atoms with Gasteiger partial charge in [0.25, 0.3) is 5.91 Å². The maximum Gasteiger partial charge on any atom is 0.255 e. The molecule has 1 aromatic heterocycles. The highest BCUT2D eigenvalue weighted by Crippen LogP contribution is 2.23. The molecule has 0 N–H and O–H groups in total. The lowest BCUT2D eigenvalue weighted by Gasteiger charge is -2.24. The van der Waals surface area contributed by atoms with Crippen molar-refractivity contribution < 1.29 is 9.18 Å². The maximum atomic E-state index is 12.9. The van der Waals surface area contributed by atoms with Crippen LogP contribution in [-0.2, 0) is 6.42 Å². The van der Waals surface area contributed by atoms with E-state index in [4.69, 9.17) is 0 Å². The van der Waals surface area contributed by atoms with Crippen LogP contribution in [0.3, 0.4) is 0 Å². The number of aromatic nitrogens is 1. The number of carbonyl (C=O) groups is 1. The van der Waals surface area contributed by atoms with E-state index >= 15 is 0 Å². The second-order valence-corrected chi connectivity index (χ2v) is 5.35. The van der Waals surface area contributed by atoms with Crippen molar-refractivity contribution in [2.75, 3.05) is 6.54 Å². The van der Waals surface area contributed by atoms with E-state index in [0.29, 0.717) is 5.56 Å². The van der Waals surface area contributed by atoms with Gasteiger partial charge in [-0.15, -0.1) is 0 Å². The molecule has 1 unspecified atom stereocenters. The van der Waals surface area contributed by atoms with Gasteiger partial charge in [0.1, 0.15) is 0 Å². The summed E-state index contributed by atoms with van der Waals surface area (Å²) in [6, 6.07) is 13.1. The molecule has 1 saturated heterocycles. The highest BCUT2D eigenvalue weighted by molar-refractivity contribution is 5.94. The van der Waals surface area contributed by atoms with E-state index in [1.54, 1.807) is 0 Å². The fourth-order valence-corrected chi connectivity index (χ4v) is 2.87. The Labute approximate surface area is 123 Å². The molecule has 0 saturated carbocycles. The topological polar surface area (TPSA) is 33.2 Å². The number of likely N-dealkylation sites (tertiary alicyclic amines) is 1. The average molecular weight is 284 g/mol. The second-order valence-electron chi connectivity index (χ2n) is 5.35. The Kier molecular flexibility index (Phi) is 3.95. The summed E-state index contributed by atoms with van der Waals surface area (Å²) in [5.74, 6) is -0.616. The summed E-state index contributed by atoms with van der Waals surface area (Å²) in [7, 11) is 0. The minimum Gasteiger partial charge on any atom is -0.335 e. The highest BCUT2D eigenvalue weighted by atomic mass is 19.1. The van der Waals surface area contributed by atoms with Crippen molar-refractivity contribution in [2.45, 2.75) is 25.3 Å². The number of carbonyl (C=O) groups excluding carboxylic acids is 1. The first kappa shape index (κ1) is 13.7. The zero-order chi connectivity index (χ0) is 14.7. The molecule has 0 bridgehead atoms. The summed E-state index contributed by atoms with van der Waals surface area (Å²) >= 11 is 0. The molecule has 1 aliphatic heterocycles. The fourth-order valence-electron chi connectivity index (χ4n) is 2.87. The average Bonchev–Trinajstić information content (AvgIpc) is 2.96. The minimum atomic E-state index is -0.561. The number of amides is 1. The molecule has 0 radical (unpaired) electrons. The van der Waals surface area contributed by atoms with E-state index in [0.717, 1.165) is 25.8 Å². The van der Waals surface area contributed by atoms with E-state index < -0.39 is 5.95 Å². The Morgan fingerprint density at radius 3 is 2.76 bits per heavy atom. The van der Waals surface area contributed by atoms with Crippen molar-refractivity contribution >= 4 is 5.91 Å². The molecule has 1 aliphatic rings. The summed E-state index contributed by atoms with van der Waals surface area (Å²) in [5.41, 5.74) is 1.69. The van der Waals surface area contributed by atoms with E-state index in [9.17, 15) is 9.18 Å². The van der Waals surface area contributed by atoms with Crippen molar-refractivity contribution in [3.63, 3.8) is 0 Å². The maximum absolute atomic E-state index is 12.9. The Bertz CT molecular complexity index is 612. The lowest BCUT2D eigenvalue weighted by molar-refractivity contribution is 0.0736. The predicted molar refractivity (Wildman–Crippen MR) is 78.4 cm³/mol. The van der Waals surface area contributed by atoms with Gasteiger partial charge in [0.15, 0.2) is 0 Å². The van der Waals surface area contributed by atoms with E-state index in [-0.39, 0.29) is 11.9 Å². The smallest absolute Gasteiger partial charge is 0.255 e. The number of pyridine rings is 1. The molecule has 2 heterocycles. The van der Waals surface area contributed by atoms with Crippen molar-refractivity contribution in [1.29, 1.82) is 0 Å². The number of halogens is 1. The highest BCUT2D eigenvalue weighted by Gasteiger charge is 2.29. The first-order valence-corrected chi connectivity index (χ1v) is 7.20. The van der Waals surface area contributed by atoms with Gasteiger partial charge >= 0.3 is 0 Å². The molecule has 21 heavy (non-hydrogen) atoms. The van der Waals surface area contributed by atoms with Gasteiger partial charge in [-0.2, -0.15) is 4.39 Å². The van der Waals surface area contributed by atoms with Crippen LogP contribution < -0.4 is 0 Å². The number of nitrogens with zero attached hydrogens (tertiary/aromatic N) is 2. The van der Waals surface area contributed by atoms with E-state index in [1.165, 1.54) is 23.9 Å². The van der Waals surface area contributed by atoms with Crippen LogP contribution in [0.15, 0.2) is 48.7 Å². The molecule has 0 aliphatic carbocycles. The number of rotatable bonds is 3. The van der Waals surface area contributed by atoms with Crippen LogP contribution in [-0.4, -0.2) is 28.4 Å². The number of hydrogen-bond acceptors (Lipinski definition) is 2. The van der Waals surface area contributed by atoms with Crippen molar-refractivity contribution in [2.24, 2.45) is 0 Å². The molecule has 3 rings (SSSR count). The zero-order valence-corrected chi connectivity index (χ0v) is 11.7. The molecule has 3 nitrogen and oxygen atoms in total. The van der Waals surface area contributed by atoms with Crippen LogP contribution >= 0.6 is 0 Å². The lowest BCUT2D eigenvalue weighted by Crippen LogP contribution is -2.36. The first-order chi connectivity index (χ1) is 10.2. The van der Waals surface area contributed by atoms with Gasteiger partial charge in [0.2, 0.25) is 5.95 Å². The lowest BCUT2D eigenvalue weighted by atomic mass is 10.0. The molecule has 1 aromatic carbocycles. The van der Waals surface area contributed by atoms with Crippen LogP contribution in [0.25, 0.3) is 0 Å². The molecular weight excluding hydrogens is 267 g/mol. The molecule has 108 valence electrons. The first-order valence-electron chi connectivity index (χ1n) is 7.20. The SMILES string of the molecule is O=C(c1ccc(F)nc1)N1CCCC1Cc1ccccc1. The van der Waals surface area contributed by atoms with Crippen molar-refractivity contribution in [3.8, 4) is 0 Å². The zero-order valence-electron chi connectivity index (χ0n) is 11.7. The van der Waals surface area contributed by atoms with E-state index in [1.807, 2.05) is 23.1 Å². The fraction of sp³-hybridized carbons (Fsp3) is 0.294. The summed E-state index contributed by atoms with van der Waals surface area (Å²) in [6.45, 7) is 0.758. The van der Waals surface area contributed by atoms with Crippen molar-refractivity contribution in [1.82, 2.24) is 9.88 Å². The standard InChI is InChI=1S/C17H17FN2O/c18-16-9-8-14(12-19-16)17(21)20-10-4-7-15(20)11-13-5-2-1-3-6-13/h1-3,5-6,8-9,12,15H,4,7,10-11H2. The molecule has 1 fully saturated rings. The molecule has 1 amide bonds. The summed E-state index contributed by atoms with van der Waals surface area (Å²) in [4.78, 5) is 18.0. The summed E-state index contributed by atoms with van der Waals surface area (Å²) in [5, 5.41) is 0. The van der Waals surface area contributed by atoms with Gasteiger partial charge in [-0.25, -0.2) is 4.98 Å². The van der Waals surface area contributed by atoms with Crippen molar-refractivity contribution in [3.05, 3.63) is 65.7 Å². The molecule has 2 aromatic rings. The van der Waals surface area contributed by atoms with Gasteiger partial charge in [0, 0.05) is 18.8 Å². The third-order valence-corrected chi connectivity index (χ3v) is 3.93. The molecular formula is C17H17FN2O. The summed E-state index contributed by atoms with van der Waals surface area (Å²) < 4.78 is 12.9. The number of hydrogen-bond donors (Lipinski definition) is 0. The molecule has 4 heteroatoms. The number of benzene rings is 1. The largest absolute Gasteiger partial charge is 0.335 e. The third kappa shape index (κ3) is 3.10. The van der Waals surface area contributed by atoms with Crippen LogP contribution in [0.2, 0.25) is 0 Å². The Morgan fingerprint density at radius 2 is 2.05 bits per heavy atom. The van der Waals surface area contributed by atoms with Crippen LogP contribution in [0.1, 0.15) is 28.8 Å². The molecule has 0 spiro atoms. The Balaban J connectivity index is 1.74. The van der Waals surface area contributed by atoms with E-state index in [2.05, 4.69) is 17.1 Å². The monoisotopic (exact) mass is 284 g/mol. The Morgan fingerprint density at radius 1 is 1.24 bits per heavy atom. The third-order valence-electron chi connectivity index (χ3n) is 3.93. The Hall–Kier alpha value is -2.23. The van der Waals surface area contributed by atoms with Crippen LogP contribution in [0.5, 0.6) is 0 Å². The van der Waals surface area contributed by atoms with Gasteiger partial charge < -0.3 is 4.90 Å².